The van der Waals surface area contributed by atoms with Gasteiger partial charge in [-0.05, 0) is 0 Å². The molecule has 0 aliphatic carbocycles. The summed E-state index contributed by atoms with van der Waals surface area (Å²) < 4.78 is 5.26. The van der Waals surface area contributed by atoms with E-state index >= 15 is 0 Å². The minimum absolute atomic E-state index is 0.578. The molecule has 5 nitrogen and oxygen atoms in total. The highest BCUT2D eigenvalue weighted by atomic mass is 16.5. The minimum atomic E-state index is 0.578. The third-order valence-electron chi connectivity index (χ3n) is 2.16. The Balaban J connectivity index is 2.02. The Bertz CT molecular complexity index is 243. The number of nitrogens with zero attached hydrogens (tertiary/aromatic N) is 2. The molecule has 1 saturated heterocycles. The van der Waals surface area contributed by atoms with Crippen molar-refractivity contribution in [3.05, 3.63) is 11.9 Å². The summed E-state index contributed by atoms with van der Waals surface area (Å²) in [5.41, 5.74) is 5.61. The maximum Gasteiger partial charge on any atom is 0.123 e. The lowest BCUT2D eigenvalue weighted by Gasteiger charge is -2.32. The number of rotatable bonds is 1. The number of hydrogen-bond acceptors (Lipinski definition) is 5. The van der Waals surface area contributed by atoms with Gasteiger partial charge in [0.2, 0.25) is 0 Å². The molecule has 2 aliphatic heterocycles. The Morgan fingerprint density at radius 1 is 1.46 bits per heavy atom. The van der Waals surface area contributed by atoms with E-state index in [1.54, 1.807) is 0 Å². The van der Waals surface area contributed by atoms with Crippen LogP contribution in [0.3, 0.4) is 0 Å². The molecule has 13 heavy (non-hydrogen) atoms. The van der Waals surface area contributed by atoms with Crippen LogP contribution >= 0.6 is 0 Å². The summed E-state index contributed by atoms with van der Waals surface area (Å²) in [5, 5.41) is 3.18. The fourth-order valence-corrected chi connectivity index (χ4v) is 1.46. The summed E-state index contributed by atoms with van der Waals surface area (Å²) in [7, 11) is 0. The number of hydrogen-bond donors (Lipinski definition) is 2. The molecule has 0 saturated carbocycles. The number of nitrogens with two attached hydrogens (primary N) is 1. The molecule has 0 aromatic carbocycles. The molecule has 0 bridgehead atoms. The zero-order chi connectivity index (χ0) is 9.10. The van der Waals surface area contributed by atoms with E-state index in [0.29, 0.717) is 12.5 Å². The van der Waals surface area contributed by atoms with Gasteiger partial charge < -0.3 is 20.7 Å². The molecule has 2 rings (SSSR count). The molecule has 0 radical (unpaired) electrons. The Kier molecular flexibility index (Phi) is 2.35. The maximum atomic E-state index is 5.61. The lowest BCUT2D eigenvalue weighted by Crippen LogP contribution is -2.42. The summed E-state index contributed by atoms with van der Waals surface area (Å²) in [6.07, 6.45) is 1.87. The van der Waals surface area contributed by atoms with E-state index in [4.69, 9.17) is 10.5 Å². The molecule has 1 fully saturated rings. The Morgan fingerprint density at radius 3 is 2.92 bits per heavy atom. The van der Waals surface area contributed by atoms with Gasteiger partial charge in [0, 0.05) is 19.2 Å². The molecule has 0 aromatic heterocycles. The van der Waals surface area contributed by atoms with Crippen LogP contribution in [0.1, 0.15) is 0 Å². The van der Waals surface area contributed by atoms with Gasteiger partial charge in [0.25, 0.3) is 0 Å². The predicted octanol–water partition coefficient (Wildman–Crippen LogP) is -0.922. The summed E-state index contributed by atoms with van der Waals surface area (Å²) in [5.74, 6) is 1.66. The lowest BCUT2D eigenvalue weighted by molar-refractivity contribution is 0.0503. The number of amidine groups is 1. The van der Waals surface area contributed by atoms with Crippen LogP contribution in [0, 0.1) is 0 Å². The van der Waals surface area contributed by atoms with Gasteiger partial charge in [0.1, 0.15) is 18.3 Å². The molecule has 0 aromatic rings. The van der Waals surface area contributed by atoms with Crippen molar-refractivity contribution in [3.8, 4) is 0 Å². The second-order valence-electron chi connectivity index (χ2n) is 3.05. The van der Waals surface area contributed by atoms with Crippen LogP contribution in [0.5, 0.6) is 0 Å². The molecule has 72 valence electrons. The summed E-state index contributed by atoms with van der Waals surface area (Å²) >= 11 is 0. The van der Waals surface area contributed by atoms with Gasteiger partial charge in [-0.25, -0.2) is 4.99 Å². The molecule has 0 spiro atoms. The van der Waals surface area contributed by atoms with E-state index in [-0.39, 0.29) is 0 Å². The van der Waals surface area contributed by atoms with Gasteiger partial charge in [-0.2, -0.15) is 0 Å². The van der Waals surface area contributed by atoms with E-state index in [1.165, 1.54) is 0 Å². The number of morpholine rings is 1. The van der Waals surface area contributed by atoms with Gasteiger partial charge in [0.05, 0.1) is 13.2 Å². The van der Waals surface area contributed by atoms with Gasteiger partial charge in [-0.3, -0.25) is 0 Å². The van der Waals surface area contributed by atoms with Crippen LogP contribution in [0.2, 0.25) is 0 Å². The van der Waals surface area contributed by atoms with Crippen molar-refractivity contribution in [2.24, 2.45) is 10.7 Å². The molecule has 0 atom stereocenters. The Labute approximate surface area is 77.3 Å². The fourth-order valence-electron chi connectivity index (χ4n) is 1.46. The van der Waals surface area contributed by atoms with Crippen molar-refractivity contribution < 1.29 is 4.74 Å². The summed E-state index contributed by atoms with van der Waals surface area (Å²) in [6.45, 7) is 4.00. The first-order chi connectivity index (χ1) is 6.36. The zero-order valence-corrected chi connectivity index (χ0v) is 7.49. The van der Waals surface area contributed by atoms with E-state index < -0.39 is 0 Å². The molecule has 3 N–H and O–H groups in total. The molecular formula is C8H14N4O. The highest BCUT2D eigenvalue weighted by Gasteiger charge is 2.14. The topological polar surface area (TPSA) is 62.9 Å². The van der Waals surface area contributed by atoms with E-state index in [0.717, 1.165) is 32.1 Å². The van der Waals surface area contributed by atoms with Crippen LogP contribution in [0.4, 0.5) is 0 Å². The summed E-state index contributed by atoms with van der Waals surface area (Å²) in [6, 6.07) is 0. The van der Waals surface area contributed by atoms with Crippen LogP contribution in [0.15, 0.2) is 16.9 Å². The molecule has 2 aliphatic rings. The quantitative estimate of drug-likeness (QED) is 0.550. The first kappa shape index (κ1) is 8.37. The number of aliphatic imine (C=N–C) groups is 1. The average molecular weight is 182 g/mol. The van der Waals surface area contributed by atoms with Crippen LogP contribution in [-0.4, -0.2) is 43.7 Å². The van der Waals surface area contributed by atoms with Crippen molar-refractivity contribution in [1.82, 2.24) is 10.2 Å². The third-order valence-corrected chi connectivity index (χ3v) is 2.16. The smallest absolute Gasteiger partial charge is 0.123 e. The van der Waals surface area contributed by atoms with E-state index in [9.17, 15) is 0 Å². The van der Waals surface area contributed by atoms with Crippen LogP contribution < -0.4 is 11.1 Å². The first-order valence-corrected chi connectivity index (χ1v) is 4.44. The highest BCUT2D eigenvalue weighted by Crippen LogP contribution is 2.06. The largest absolute Gasteiger partial charge is 0.384 e. The van der Waals surface area contributed by atoms with Gasteiger partial charge in [0.15, 0.2) is 0 Å². The monoisotopic (exact) mass is 182 g/mol. The second-order valence-corrected chi connectivity index (χ2v) is 3.05. The second kappa shape index (κ2) is 3.66. The number of ether oxygens (including phenoxy) is 1. The number of nitrogens with one attached hydrogen (secondary N) is 1. The van der Waals surface area contributed by atoms with Gasteiger partial charge in [-0.15, -0.1) is 0 Å². The van der Waals surface area contributed by atoms with Crippen molar-refractivity contribution >= 4 is 5.84 Å². The first-order valence-electron chi connectivity index (χ1n) is 4.44. The van der Waals surface area contributed by atoms with Crippen LogP contribution in [-0.2, 0) is 4.74 Å². The normalized spacial score (nSPS) is 23.2. The fraction of sp³-hybridized carbons (Fsp3) is 0.625. The van der Waals surface area contributed by atoms with E-state index in [1.807, 2.05) is 6.08 Å². The molecule has 2 heterocycles. The average Bonchev–Trinajstić information content (AvgIpc) is 2.19. The van der Waals surface area contributed by atoms with Crippen molar-refractivity contribution in [3.63, 3.8) is 0 Å². The minimum Gasteiger partial charge on any atom is -0.384 e. The van der Waals surface area contributed by atoms with Crippen molar-refractivity contribution in [2.45, 2.75) is 0 Å². The maximum absolute atomic E-state index is 5.61. The lowest BCUT2D eigenvalue weighted by atomic mass is 10.3. The van der Waals surface area contributed by atoms with Gasteiger partial charge in [-0.1, -0.05) is 0 Å². The van der Waals surface area contributed by atoms with Gasteiger partial charge >= 0.3 is 0 Å². The van der Waals surface area contributed by atoms with Crippen LogP contribution in [0.25, 0.3) is 0 Å². The molecular weight excluding hydrogens is 168 g/mol. The molecule has 5 heteroatoms. The standard InChI is InChI=1S/C8H14N4O/c9-7-5-8(11-6-10-7)12-1-3-13-4-2-12/h5,11H,1-4,6H2,(H2,9,10). The zero-order valence-electron chi connectivity index (χ0n) is 7.49. The van der Waals surface area contributed by atoms with Crippen molar-refractivity contribution in [2.75, 3.05) is 33.0 Å². The molecule has 0 unspecified atom stereocenters. The third kappa shape index (κ3) is 1.92. The Hall–Kier alpha value is -1.23. The summed E-state index contributed by atoms with van der Waals surface area (Å²) in [4.78, 5) is 6.25. The predicted molar refractivity (Wildman–Crippen MR) is 50.1 cm³/mol. The van der Waals surface area contributed by atoms with Crippen molar-refractivity contribution in [1.29, 1.82) is 0 Å². The Morgan fingerprint density at radius 2 is 2.23 bits per heavy atom. The SMILES string of the molecule is NC1=NCNC(N2CCOCC2)=C1. The highest BCUT2D eigenvalue weighted by molar-refractivity contribution is 5.92. The molecule has 0 amide bonds. The van der Waals surface area contributed by atoms with E-state index in [2.05, 4.69) is 15.2 Å².